The molecule has 1 fully saturated rings. The van der Waals surface area contributed by atoms with E-state index in [1.54, 1.807) is 0 Å². The fourth-order valence-corrected chi connectivity index (χ4v) is 2.05. The monoisotopic (exact) mass is 278 g/mol. The molecule has 3 rings (SSSR count). The molecule has 0 atom stereocenters. The molecule has 1 N–H and O–H groups in total. The third kappa shape index (κ3) is 2.61. The van der Waals surface area contributed by atoms with Crippen LogP contribution in [0.4, 0.5) is 4.79 Å². The summed E-state index contributed by atoms with van der Waals surface area (Å²) in [5, 5.41) is 2.75. The normalized spacial score (nSPS) is 16.2. The molecular weight excluding hydrogens is 264 g/mol. The van der Waals surface area contributed by atoms with E-state index in [0.29, 0.717) is 31.2 Å². The molecule has 1 saturated heterocycles. The quantitative estimate of drug-likeness (QED) is 0.867. The second kappa shape index (κ2) is 5.28. The molecule has 0 aliphatic carbocycles. The van der Waals surface area contributed by atoms with Gasteiger partial charge in [0.25, 0.3) is 0 Å². The summed E-state index contributed by atoms with van der Waals surface area (Å²) in [6.07, 6.45) is -0.441. The lowest BCUT2D eigenvalue weighted by atomic mass is 10.2. The fourth-order valence-electron chi connectivity index (χ4n) is 2.05. The minimum atomic E-state index is -0.441. The summed E-state index contributed by atoms with van der Waals surface area (Å²) < 4.78 is 15.2. The summed E-state index contributed by atoms with van der Waals surface area (Å²) >= 11 is 0. The number of amides is 2. The minimum Gasteiger partial charge on any atom is -0.454 e. The summed E-state index contributed by atoms with van der Waals surface area (Å²) in [6, 6.07) is 5.49. The zero-order valence-electron chi connectivity index (χ0n) is 10.8. The Labute approximate surface area is 115 Å². The van der Waals surface area contributed by atoms with Crippen LogP contribution in [-0.2, 0) is 16.1 Å². The van der Waals surface area contributed by atoms with Crippen LogP contribution >= 0.6 is 0 Å². The number of nitrogens with one attached hydrogen (secondary N) is 1. The molecule has 0 bridgehead atoms. The summed E-state index contributed by atoms with van der Waals surface area (Å²) in [7, 11) is 0. The van der Waals surface area contributed by atoms with Crippen LogP contribution in [-0.4, -0.2) is 43.4 Å². The van der Waals surface area contributed by atoms with Gasteiger partial charge in [-0.05, 0) is 17.7 Å². The van der Waals surface area contributed by atoms with Crippen LogP contribution in [0.3, 0.4) is 0 Å². The van der Waals surface area contributed by atoms with Gasteiger partial charge in [-0.1, -0.05) is 6.07 Å². The van der Waals surface area contributed by atoms with E-state index in [-0.39, 0.29) is 19.2 Å². The Bertz CT molecular complexity index is 546. The van der Waals surface area contributed by atoms with Crippen molar-refractivity contribution >= 4 is 12.0 Å². The van der Waals surface area contributed by atoms with Crippen LogP contribution in [0.2, 0.25) is 0 Å². The van der Waals surface area contributed by atoms with Crippen LogP contribution in [0, 0.1) is 0 Å². The maximum atomic E-state index is 11.7. The number of carbonyl (C=O) groups excluding carboxylic acids is 2. The van der Waals surface area contributed by atoms with E-state index in [0.717, 1.165) is 5.56 Å². The van der Waals surface area contributed by atoms with E-state index >= 15 is 0 Å². The zero-order chi connectivity index (χ0) is 13.9. The lowest BCUT2D eigenvalue weighted by Crippen LogP contribution is -2.37. The predicted octanol–water partition coefficient (Wildman–Crippen LogP) is 0.484. The van der Waals surface area contributed by atoms with Crippen molar-refractivity contribution in [2.75, 3.05) is 26.5 Å². The first kappa shape index (κ1) is 12.6. The average Bonchev–Trinajstić information content (AvgIpc) is 3.05. The van der Waals surface area contributed by atoms with Gasteiger partial charge >= 0.3 is 6.09 Å². The molecule has 2 amide bonds. The van der Waals surface area contributed by atoms with Gasteiger partial charge in [-0.15, -0.1) is 0 Å². The van der Waals surface area contributed by atoms with E-state index in [9.17, 15) is 9.59 Å². The van der Waals surface area contributed by atoms with Crippen LogP contribution in [0.25, 0.3) is 0 Å². The van der Waals surface area contributed by atoms with Gasteiger partial charge in [-0.3, -0.25) is 9.69 Å². The highest BCUT2D eigenvalue weighted by Crippen LogP contribution is 2.32. The molecule has 20 heavy (non-hydrogen) atoms. The van der Waals surface area contributed by atoms with Crippen LogP contribution < -0.4 is 14.8 Å². The maximum absolute atomic E-state index is 11.7. The first-order valence-electron chi connectivity index (χ1n) is 6.29. The molecule has 0 spiro atoms. The minimum absolute atomic E-state index is 0.0172. The van der Waals surface area contributed by atoms with Crippen LogP contribution in [0.5, 0.6) is 11.5 Å². The lowest BCUT2D eigenvalue weighted by molar-refractivity contribution is -0.121. The topological polar surface area (TPSA) is 77.1 Å². The van der Waals surface area contributed by atoms with Crippen molar-refractivity contribution in [3.63, 3.8) is 0 Å². The van der Waals surface area contributed by atoms with E-state index in [1.165, 1.54) is 4.90 Å². The number of ether oxygens (including phenoxy) is 3. The van der Waals surface area contributed by atoms with Crippen LogP contribution in [0.1, 0.15) is 5.56 Å². The lowest BCUT2D eigenvalue weighted by Gasteiger charge is -2.12. The number of rotatable bonds is 4. The van der Waals surface area contributed by atoms with Gasteiger partial charge in [-0.25, -0.2) is 4.79 Å². The number of hydrogen-bond donors (Lipinski definition) is 1. The first-order valence-corrected chi connectivity index (χ1v) is 6.29. The number of fused-ring (bicyclic) bond motifs is 1. The summed E-state index contributed by atoms with van der Waals surface area (Å²) in [4.78, 5) is 24.3. The van der Waals surface area contributed by atoms with Crippen molar-refractivity contribution < 1.29 is 23.8 Å². The molecule has 106 valence electrons. The molecule has 0 unspecified atom stereocenters. The smallest absolute Gasteiger partial charge is 0.410 e. The largest absolute Gasteiger partial charge is 0.454 e. The van der Waals surface area contributed by atoms with Gasteiger partial charge in [0.2, 0.25) is 12.7 Å². The van der Waals surface area contributed by atoms with Crippen molar-refractivity contribution in [3.05, 3.63) is 23.8 Å². The Morgan fingerprint density at radius 1 is 1.25 bits per heavy atom. The fraction of sp³-hybridized carbons (Fsp3) is 0.385. The number of benzene rings is 1. The second-order valence-electron chi connectivity index (χ2n) is 4.50. The van der Waals surface area contributed by atoms with Gasteiger partial charge in [0.05, 0.1) is 6.54 Å². The SMILES string of the molecule is O=C(CN1CCOC1=O)NCc1ccc2c(c1)OCO2. The summed E-state index contributed by atoms with van der Waals surface area (Å²) in [6.45, 7) is 1.41. The van der Waals surface area contributed by atoms with Crippen molar-refractivity contribution in [1.29, 1.82) is 0 Å². The molecule has 0 radical (unpaired) electrons. The van der Waals surface area contributed by atoms with E-state index in [2.05, 4.69) is 5.32 Å². The Kier molecular flexibility index (Phi) is 3.32. The van der Waals surface area contributed by atoms with Gasteiger partial charge in [-0.2, -0.15) is 0 Å². The van der Waals surface area contributed by atoms with E-state index in [1.807, 2.05) is 18.2 Å². The molecule has 2 heterocycles. The average molecular weight is 278 g/mol. The van der Waals surface area contributed by atoms with Gasteiger partial charge in [0, 0.05) is 6.54 Å². The molecular formula is C13H14N2O5. The molecule has 7 heteroatoms. The Hall–Kier alpha value is -2.44. The molecule has 1 aromatic carbocycles. The zero-order valence-corrected chi connectivity index (χ0v) is 10.8. The standard InChI is InChI=1S/C13H14N2O5/c16-12(7-15-3-4-18-13(15)17)14-6-9-1-2-10-11(5-9)20-8-19-10/h1-2,5H,3-4,6-8H2,(H,14,16). The highest BCUT2D eigenvalue weighted by Gasteiger charge is 2.23. The van der Waals surface area contributed by atoms with Gasteiger partial charge in [0.15, 0.2) is 11.5 Å². The molecule has 1 aromatic rings. The number of hydrogen-bond acceptors (Lipinski definition) is 5. The molecule has 0 saturated carbocycles. The highest BCUT2D eigenvalue weighted by atomic mass is 16.7. The van der Waals surface area contributed by atoms with Crippen molar-refractivity contribution in [1.82, 2.24) is 10.2 Å². The second-order valence-corrected chi connectivity index (χ2v) is 4.50. The number of carbonyl (C=O) groups is 2. The third-order valence-corrected chi connectivity index (χ3v) is 3.11. The Balaban J connectivity index is 1.51. The van der Waals surface area contributed by atoms with Crippen molar-refractivity contribution in [3.8, 4) is 11.5 Å². The Morgan fingerprint density at radius 3 is 2.90 bits per heavy atom. The maximum Gasteiger partial charge on any atom is 0.410 e. The molecule has 0 aromatic heterocycles. The van der Waals surface area contributed by atoms with Crippen molar-refractivity contribution in [2.45, 2.75) is 6.54 Å². The highest BCUT2D eigenvalue weighted by molar-refractivity contribution is 5.82. The number of nitrogens with zero attached hydrogens (tertiary/aromatic N) is 1. The van der Waals surface area contributed by atoms with Crippen molar-refractivity contribution in [2.24, 2.45) is 0 Å². The summed E-state index contributed by atoms with van der Waals surface area (Å²) in [5.74, 6) is 1.17. The molecule has 2 aliphatic heterocycles. The first-order chi connectivity index (χ1) is 9.72. The third-order valence-electron chi connectivity index (χ3n) is 3.11. The van der Waals surface area contributed by atoms with Crippen LogP contribution in [0.15, 0.2) is 18.2 Å². The summed E-state index contributed by atoms with van der Waals surface area (Å²) in [5.41, 5.74) is 0.909. The molecule has 7 nitrogen and oxygen atoms in total. The van der Waals surface area contributed by atoms with E-state index in [4.69, 9.17) is 14.2 Å². The van der Waals surface area contributed by atoms with Gasteiger partial charge in [0.1, 0.15) is 13.2 Å². The Morgan fingerprint density at radius 2 is 2.10 bits per heavy atom. The number of cyclic esters (lactones) is 1. The van der Waals surface area contributed by atoms with Gasteiger partial charge < -0.3 is 19.5 Å². The van der Waals surface area contributed by atoms with E-state index < -0.39 is 6.09 Å². The molecule has 2 aliphatic rings. The predicted molar refractivity (Wildman–Crippen MR) is 67.3 cm³/mol.